The van der Waals surface area contributed by atoms with Gasteiger partial charge in [0.25, 0.3) is 0 Å². The second-order valence-electron chi connectivity index (χ2n) is 4.79. The van der Waals surface area contributed by atoms with Gasteiger partial charge in [0.05, 0.1) is 11.1 Å². The largest absolute Gasteiger partial charge is 0.352 e. The first-order valence-electron chi connectivity index (χ1n) is 5.19. The molecule has 0 bridgehead atoms. The van der Waals surface area contributed by atoms with Crippen LogP contribution in [0.2, 0.25) is 0 Å². The van der Waals surface area contributed by atoms with Gasteiger partial charge >= 0.3 is 6.03 Å². The van der Waals surface area contributed by atoms with Gasteiger partial charge in [-0.25, -0.2) is 4.79 Å². The highest BCUT2D eigenvalue weighted by Gasteiger charge is 2.24. The fourth-order valence-corrected chi connectivity index (χ4v) is 1.54. The molecule has 0 heterocycles. The van der Waals surface area contributed by atoms with E-state index in [4.69, 9.17) is 11.5 Å². The molecule has 1 rings (SSSR count). The zero-order chi connectivity index (χ0) is 12.4. The lowest BCUT2D eigenvalue weighted by Crippen LogP contribution is -2.47. The summed E-state index contributed by atoms with van der Waals surface area (Å²) in [7, 11) is 0. The van der Waals surface area contributed by atoms with Crippen molar-refractivity contribution in [3.05, 3.63) is 36.0 Å². The van der Waals surface area contributed by atoms with E-state index in [9.17, 15) is 4.79 Å². The van der Waals surface area contributed by atoms with Gasteiger partial charge in [0.15, 0.2) is 0 Å². The van der Waals surface area contributed by atoms with Gasteiger partial charge in [0, 0.05) is 0 Å². The molecule has 0 aromatic carbocycles. The molecule has 88 valence electrons. The molecule has 5 N–H and O–H groups in total. The molecule has 1 aliphatic rings. The van der Waals surface area contributed by atoms with Crippen LogP contribution in [0, 0.1) is 0 Å². The zero-order valence-corrected chi connectivity index (χ0v) is 9.95. The number of primary amides is 1. The highest BCUT2D eigenvalue weighted by molar-refractivity contribution is 5.73. The first-order chi connectivity index (χ1) is 7.23. The topological polar surface area (TPSA) is 81.1 Å². The summed E-state index contributed by atoms with van der Waals surface area (Å²) in [5.41, 5.74) is 11.1. The van der Waals surface area contributed by atoms with Crippen molar-refractivity contribution in [1.82, 2.24) is 5.32 Å². The van der Waals surface area contributed by atoms with Gasteiger partial charge in [-0.2, -0.15) is 0 Å². The molecule has 4 heteroatoms. The van der Waals surface area contributed by atoms with Crippen LogP contribution in [-0.2, 0) is 0 Å². The van der Waals surface area contributed by atoms with E-state index in [1.165, 1.54) is 0 Å². The van der Waals surface area contributed by atoms with Crippen LogP contribution in [-0.4, -0.2) is 17.1 Å². The summed E-state index contributed by atoms with van der Waals surface area (Å²) in [5, 5.41) is 2.69. The van der Waals surface area contributed by atoms with Crippen LogP contribution in [0.5, 0.6) is 0 Å². The van der Waals surface area contributed by atoms with E-state index >= 15 is 0 Å². The van der Waals surface area contributed by atoms with E-state index in [0.717, 1.165) is 5.57 Å². The molecule has 4 nitrogen and oxygen atoms in total. The molecular formula is C12H19N3O. The molecule has 0 saturated heterocycles. The van der Waals surface area contributed by atoms with Crippen LogP contribution in [0.25, 0.3) is 0 Å². The van der Waals surface area contributed by atoms with Crippen molar-refractivity contribution >= 4 is 6.03 Å². The number of rotatable bonds is 2. The van der Waals surface area contributed by atoms with Crippen molar-refractivity contribution in [1.29, 1.82) is 0 Å². The predicted octanol–water partition coefficient (Wildman–Crippen LogP) is 1.20. The number of hydrogen-bond acceptors (Lipinski definition) is 2. The highest BCUT2D eigenvalue weighted by Crippen LogP contribution is 2.21. The van der Waals surface area contributed by atoms with Crippen LogP contribution in [0.1, 0.15) is 20.8 Å². The highest BCUT2D eigenvalue weighted by atomic mass is 16.2. The Hall–Kier alpha value is -1.55. The molecule has 2 amide bonds. The average molecular weight is 221 g/mol. The summed E-state index contributed by atoms with van der Waals surface area (Å²) in [5.74, 6) is 0. The van der Waals surface area contributed by atoms with Crippen molar-refractivity contribution in [2.75, 3.05) is 0 Å². The first-order valence-corrected chi connectivity index (χ1v) is 5.19. The fourth-order valence-electron chi connectivity index (χ4n) is 1.54. The average Bonchev–Trinajstić information content (AvgIpc) is 2.24. The van der Waals surface area contributed by atoms with Gasteiger partial charge in [-0.1, -0.05) is 30.4 Å². The molecule has 0 fully saturated rings. The minimum Gasteiger partial charge on any atom is -0.352 e. The lowest BCUT2D eigenvalue weighted by Gasteiger charge is -2.26. The van der Waals surface area contributed by atoms with Crippen molar-refractivity contribution < 1.29 is 4.79 Å². The van der Waals surface area contributed by atoms with Gasteiger partial charge in [0.1, 0.15) is 0 Å². The number of urea groups is 1. The molecule has 0 aliphatic heterocycles. The second-order valence-corrected chi connectivity index (χ2v) is 4.79. The molecule has 0 aromatic heterocycles. The minimum atomic E-state index is -0.539. The summed E-state index contributed by atoms with van der Waals surface area (Å²) < 4.78 is 0. The summed E-state index contributed by atoms with van der Waals surface area (Å²) in [6.07, 6.45) is 9.52. The number of nitrogens with one attached hydrogen (secondary N) is 1. The van der Waals surface area contributed by atoms with E-state index in [1.54, 1.807) is 0 Å². The van der Waals surface area contributed by atoms with Crippen LogP contribution in [0.15, 0.2) is 36.0 Å². The Bertz CT molecular complexity index is 376. The Morgan fingerprint density at radius 2 is 2.06 bits per heavy atom. The van der Waals surface area contributed by atoms with E-state index in [0.29, 0.717) is 0 Å². The SMILES string of the molecule is CC1(N)C=CC=C(C(C)(C)NC(N)=O)C=C1. The molecule has 0 saturated carbocycles. The molecule has 1 unspecified atom stereocenters. The number of allylic oxidation sites excluding steroid dienone is 2. The fraction of sp³-hybridized carbons (Fsp3) is 0.417. The molecule has 1 aliphatic carbocycles. The van der Waals surface area contributed by atoms with Crippen molar-refractivity contribution in [3.63, 3.8) is 0 Å². The van der Waals surface area contributed by atoms with Crippen molar-refractivity contribution in [3.8, 4) is 0 Å². The van der Waals surface area contributed by atoms with Crippen LogP contribution in [0.4, 0.5) is 4.79 Å². The zero-order valence-electron chi connectivity index (χ0n) is 9.95. The molecule has 0 aromatic rings. The monoisotopic (exact) mass is 221 g/mol. The number of nitrogens with two attached hydrogens (primary N) is 2. The van der Waals surface area contributed by atoms with Gasteiger partial charge in [-0.05, 0) is 26.3 Å². The Kier molecular flexibility index (Phi) is 3.24. The summed E-state index contributed by atoms with van der Waals surface area (Å²) >= 11 is 0. The Morgan fingerprint density at radius 1 is 1.44 bits per heavy atom. The summed E-state index contributed by atoms with van der Waals surface area (Å²) in [6, 6.07) is -0.539. The molecule has 1 atom stereocenters. The number of carbonyl (C=O) groups excluding carboxylic acids is 1. The quantitative estimate of drug-likeness (QED) is 0.655. The van der Waals surface area contributed by atoms with Gasteiger partial charge in [-0.15, -0.1) is 0 Å². The van der Waals surface area contributed by atoms with E-state index < -0.39 is 17.1 Å². The third kappa shape index (κ3) is 3.24. The van der Waals surface area contributed by atoms with Gasteiger partial charge < -0.3 is 16.8 Å². The lowest BCUT2D eigenvalue weighted by atomic mass is 9.93. The lowest BCUT2D eigenvalue weighted by molar-refractivity contribution is 0.242. The number of amides is 2. The smallest absolute Gasteiger partial charge is 0.312 e. The molecular weight excluding hydrogens is 202 g/mol. The third-order valence-electron chi connectivity index (χ3n) is 2.51. The standard InChI is InChI=1S/C12H19N3O/c1-11(2,15-10(13)16)9-5-4-7-12(3,14)8-6-9/h4-8H,14H2,1-3H3,(H3,13,15,16). The maximum atomic E-state index is 10.9. The maximum Gasteiger partial charge on any atom is 0.312 e. The summed E-state index contributed by atoms with van der Waals surface area (Å²) in [6.45, 7) is 5.69. The molecule has 16 heavy (non-hydrogen) atoms. The van der Waals surface area contributed by atoms with Crippen LogP contribution < -0.4 is 16.8 Å². The molecule has 0 spiro atoms. The summed E-state index contributed by atoms with van der Waals surface area (Å²) in [4.78, 5) is 10.9. The molecule has 0 radical (unpaired) electrons. The van der Waals surface area contributed by atoms with E-state index in [2.05, 4.69) is 5.32 Å². The van der Waals surface area contributed by atoms with Crippen LogP contribution in [0.3, 0.4) is 0 Å². The van der Waals surface area contributed by atoms with Crippen LogP contribution >= 0.6 is 0 Å². The maximum absolute atomic E-state index is 10.9. The Labute approximate surface area is 96.1 Å². The van der Waals surface area contributed by atoms with Gasteiger partial charge in [0.2, 0.25) is 0 Å². The second kappa shape index (κ2) is 4.14. The number of carbonyl (C=O) groups is 1. The van der Waals surface area contributed by atoms with Crippen molar-refractivity contribution in [2.24, 2.45) is 11.5 Å². The van der Waals surface area contributed by atoms with E-state index in [-0.39, 0.29) is 0 Å². The predicted molar refractivity (Wildman–Crippen MR) is 65.8 cm³/mol. The number of hydrogen-bond donors (Lipinski definition) is 3. The van der Waals surface area contributed by atoms with E-state index in [1.807, 2.05) is 51.2 Å². The minimum absolute atomic E-state index is 0.457. The third-order valence-corrected chi connectivity index (χ3v) is 2.51. The Balaban J connectivity index is 2.94. The first kappa shape index (κ1) is 12.5. The Morgan fingerprint density at radius 3 is 2.62 bits per heavy atom. The van der Waals surface area contributed by atoms with Crippen molar-refractivity contribution in [2.45, 2.75) is 31.8 Å². The van der Waals surface area contributed by atoms with Gasteiger partial charge in [-0.3, -0.25) is 0 Å². The normalized spacial score (nSPS) is 24.9.